The first-order valence-corrected chi connectivity index (χ1v) is 11.1. The fourth-order valence-electron chi connectivity index (χ4n) is 4.80. The summed E-state index contributed by atoms with van der Waals surface area (Å²) in [4.78, 5) is 15.7. The number of rotatable bonds is 8. The van der Waals surface area contributed by atoms with Crippen LogP contribution in [-0.2, 0) is 10.9 Å². The topological polar surface area (TPSA) is 100 Å². The number of pyridine rings is 1. The standard InChI is InChI=1S/C24H28F5N3O3/c1-5-11(2)18(13(4)30)23(9-34-10-23)35-22-14(8-33)6-16(25)21(32-22)15-7-17(31)20(26)12(3)19(15)24(27,28)29/h6-8,11,13,18H,5,9-10,30-31H2,1-4H3. The molecule has 2 heterocycles. The molecule has 0 amide bonds. The zero-order chi connectivity index (χ0) is 26.3. The van der Waals surface area contributed by atoms with Crippen LogP contribution in [-0.4, -0.2) is 36.1 Å². The Kier molecular flexibility index (Phi) is 7.42. The molecule has 0 saturated carbocycles. The molecule has 4 N–H and O–H groups in total. The van der Waals surface area contributed by atoms with Gasteiger partial charge < -0.3 is 20.9 Å². The van der Waals surface area contributed by atoms with Crippen molar-refractivity contribution in [3.8, 4) is 17.1 Å². The van der Waals surface area contributed by atoms with Gasteiger partial charge in [-0.1, -0.05) is 20.3 Å². The second kappa shape index (κ2) is 9.69. The predicted molar refractivity (Wildman–Crippen MR) is 120 cm³/mol. The summed E-state index contributed by atoms with van der Waals surface area (Å²) in [6, 6.07) is 1.05. The van der Waals surface area contributed by atoms with Crippen LogP contribution in [0.4, 0.5) is 27.6 Å². The van der Waals surface area contributed by atoms with E-state index in [2.05, 4.69) is 4.98 Å². The molecule has 3 atom stereocenters. The lowest BCUT2D eigenvalue weighted by Gasteiger charge is -2.50. The van der Waals surface area contributed by atoms with Crippen molar-refractivity contribution in [1.82, 2.24) is 4.98 Å². The Morgan fingerprint density at radius 2 is 1.89 bits per heavy atom. The number of hydrogen-bond donors (Lipinski definition) is 2. The van der Waals surface area contributed by atoms with E-state index in [1.807, 2.05) is 13.8 Å². The Balaban J connectivity index is 2.22. The lowest BCUT2D eigenvalue weighted by Crippen LogP contribution is -2.65. The van der Waals surface area contributed by atoms with Gasteiger partial charge in [-0.3, -0.25) is 4.79 Å². The van der Waals surface area contributed by atoms with E-state index >= 15 is 4.39 Å². The number of ether oxygens (including phenoxy) is 2. The highest BCUT2D eigenvalue weighted by molar-refractivity contribution is 5.81. The summed E-state index contributed by atoms with van der Waals surface area (Å²) in [7, 11) is 0. The first kappa shape index (κ1) is 26.8. The minimum atomic E-state index is -5.04. The van der Waals surface area contributed by atoms with Crippen LogP contribution in [0.25, 0.3) is 11.3 Å². The van der Waals surface area contributed by atoms with Gasteiger partial charge in [-0.2, -0.15) is 13.2 Å². The van der Waals surface area contributed by atoms with Crippen LogP contribution in [0.5, 0.6) is 5.88 Å². The molecule has 192 valence electrons. The van der Waals surface area contributed by atoms with Gasteiger partial charge in [0.15, 0.2) is 11.9 Å². The number of nitrogen functional groups attached to an aromatic ring is 1. The first-order valence-electron chi connectivity index (χ1n) is 11.1. The van der Waals surface area contributed by atoms with Crippen LogP contribution in [0.1, 0.15) is 48.7 Å². The van der Waals surface area contributed by atoms with Gasteiger partial charge >= 0.3 is 6.18 Å². The Labute approximate surface area is 199 Å². The molecule has 1 aliphatic rings. The molecular weight excluding hydrogens is 473 g/mol. The molecule has 11 heteroatoms. The van der Waals surface area contributed by atoms with Gasteiger partial charge in [-0.05, 0) is 37.5 Å². The molecule has 1 aliphatic heterocycles. The van der Waals surface area contributed by atoms with E-state index < -0.39 is 51.5 Å². The molecule has 1 aromatic heterocycles. The molecule has 1 fully saturated rings. The maximum Gasteiger partial charge on any atom is 0.417 e. The number of anilines is 1. The van der Waals surface area contributed by atoms with Crippen molar-refractivity contribution in [3.05, 3.63) is 40.5 Å². The second-order valence-corrected chi connectivity index (χ2v) is 9.09. The van der Waals surface area contributed by atoms with E-state index in [-0.39, 0.29) is 42.5 Å². The van der Waals surface area contributed by atoms with E-state index in [0.717, 1.165) is 19.4 Å². The third-order valence-corrected chi connectivity index (χ3v) is 6.58. The van der Waals surface area contributed by atoms with Gasteiger partial charge in [0, 0.05) is 17.5 Å². The number of benzene rings is 1. The fraction of sp³-hybridized carbons (Fsp3) is 0.500. The zero-order valence-corrected chi connectivity index (χ0v) is 19.8. The van der Waals surface area contributed by atoms with E-state index in [0.29, 0.717) is 12.4 Å². The maximum atomic E-state index is 15.0. The number of aromatic nitrogens is 1. The molecule has 1 saturated heterocycles. The van der Waals surface area contributed by atoms with E-state index in [9.17, 15) is 22.4 Å². The normalized spacial score (nSPS) is 17.9. The number of nitrogens with two attached hydrogens (primary N) is 2. The van der Waals surface area contributed by atoms with E-state index in [4.69, 9.17) is 20.9 Å². The number of carbonyl (C=O) groups excluding carboxylic acids is 1. The molecule has 0 radical (unpaired) electrons. The summed E-state index contributed by atoms with van der Waals surface area (Å²) < 4.78 is 82.3. The molecule has 0 aliphatic carbocycles. The monoisotopic (exact) mass is 501 g/mol. The minimum Gasteiger partial charge on any atom is -0.465 e. The van der Waals surface area contributed by atoms with Crippen LogP contribution in [0.15, 0.2) is 12.1 Å². The van der Waals surface area contributed by atoms with Crippen molar-refractivity contribution in [3.63, 3.8) is 0 Å². The van der Waals surface area contributed by atoms with Crippen molar-refractivity contribution in [2.24, 2.45) is 17.6 Å². The Bertz CT molecular complexity index is 1120. The van der Waals surface area contributed by atoms with E-state index in [1.54, 1.807) is 6.92 Å². The molecule has 3 unspecified atom stereocenters. The SMILES string of the molecule is CCC(C)C(C(C)N)C1(Oc2nc(-c3cc(N)c(F)c(C)c3C(F)(F)F)c(F)cc2C=O)COC1. The Morgan fingerprint density at radius 3 is 2.34 bits per heavy atom. The highest BCUT2D eigenvalue weighted by Crippen LogP contribution is 2.44. The summed E-state index contributed by atoms with van der Waals surface area (Å²) in [5.74, 6) is -3.05. The number of hydrogen-bond acceptors (Lipinski definition) is 6. The number of nitrogens with zero attached hydrogens (tertiary/aromatic N) is 1. The smallest absolute Gasteiger partial charge is 0.417 e. The van der Waals surface area contributed by atoms with Gasteiger partial charge in [0.25, 0.3) is 0 Å². The van der Waals surface area contributed by atoms with E-state index in [1.165, 1.54) is 0 Å². The van der Waals surface area contributed by atoms with Crippen LogP contribution in [0.3, 0.4) is 0 Å². The van der Waals surface area contributed by atoms with Crippen molar-refractivity contribution in [1.29, 1.82) is 0 Å². The van der Waals surface area contributed by atoms with Crippen molar-refractivity contribution < 1.29 is 36.2 Å². The third kappa shape index (κ3) is 4.84. The van der Waals surface area contributed by atoms with Crippen LogP contribution in [0, 0.1) is 30.4 Å². The lowest BCUT2D eigenvalue weighted by molar-refractivity contribution is -0.204. The van der Waals surface area contributed by atoms with Gasteiger partial charge in [0.05, 0.1) is 30.0 Å². The zero-order valence-electron chi connectivity index (χ0n) is 19.8. The second-order valence-electron chi connectivity index (χ2n) is 9.09. The average molecular weight is 501 g/mol. The van der Waals surface area contributed by atoms with Crippen LogP contribution >= 0.6 is 0 Å². The van der Waals surface area contributed by atoms with Crippen LogP contribution in [0.2, 0.25) is 0 Å². The van der Waals surface area contributed by atoms with Gasteiger partial charge in [0.2, 0.25) is 5.88 Å². The first-order chi connectivity index (χ1) is 16.3. The largest absolute Gasteiger partial charge is 0.465 e. The molecule has 2 aromatic rings. The van der Waals surface area contributed by atoms with Gasteiger partial charge in [-0.25, -0.2) is 13.8 Å². The third-order valence-electron chi connectivity index (χ3n) is 6.58. The van der Waals surface area contributed by atoms with Crippen molar-refractivity contribution in [2.45, 2.75) is 51.9 Å². The van der Waals surface area contributed by atoms with Gasteiger partial charge in [-0.15, -0.1) is 0 Å². The number of aldehydes is 1. The van der Waals surface area contributed by atoms with Crippen LogP contribution < -0.4 is 16.2 Å². The summed E-state index contributed by atoms with van der Waals surface area (Å²) in [6.45, 7) is 6.84. The highest BCUT2D eigenvalue weighted by Gasteiger charge is 2.52. The summed E-state index contributed by atoms with van der Waals surface area (Å²) in [5, 5.41) is 0. The molecule has 0 spiro atoms. The van der Waals surface area contributed by atoms with Gasteiger partial charge in [0.1, 0.15) is 17.3 Å². The maximum absolute atomic E-state index is 15.0. The molecule has 3 rings (SSSR count). The Morgan fingerprint density at radius 1 is 1.26 bits per heavy atom. The molecule has 6 nitrogen and oxygen atoms in total. The summed E-state index contributed by atoms with van der Waals surface area (Å²) in [6.07, 6.45) is -3.99. The summed E-state index contributed by atoms with van der Waals surface area (Å²) >= 11 is 0. The molecule has 0 bridgehead atoms. The molecular formula is C24H28F5N3O3. The van der Waals surface area contributed by atoms with Crippen molar-refractivity contribution in [2.75, 3.05) is 18.9 Å². The molecule has 35 heavy (non-hydrogen) atoms. The highest BCUT2D eigenvalue weighted by atomic mass is 19.4. The number of halogens is 5. The number of carbonyl (C=O) groups is 1. The lowest BCUT2D eigenvalue weighted by atomic mass is 9.72. The average Bonchev–Trinajstić information content (AvgIpc) is 2.74. The summed E-state index contributed by atoms with van der Waals surface area (Å²) in [5.41, 5.74) is 6.11. The quantitative estimate of drug-likeness (QED) is 0.303. The number of alkyl halides is 3. The predicted octanol–water partition coefficient (Wildman–Crippen LogP) is 4.91. The minimum absolute atomic E-state index is 0.0647. The van der Waals surface area contributed by atoms with Crippen molar-refractivity contribution >= 4 is 12.0 Å². The molecule has 1 aromatic carbocycles. The fourth-order valence-corrected chi connectivity index (χ4v) is 4.80. The Hall–Kier alpha value is -2.79.